The summed E-state index contributed by atoms with van der Waals surface area (Å²) in [5, 5.41) is 4.37. The quantitative estimate of drug-likeness (QED) is 0.660. The number of hydrogen-bond donors (Lipinski definition) is 1. The van der Waals surface area contributed by atoms with Crippen molar-refractivity contribution in [3.8, 4) is 0 Å². The molecule has 0 amide bonds. The van der Waals surface area contributed by atoms with Gasteiger partial charge in [-0.1, -0.05) is 61.3 Å². The van der Waals surface area contributed by atoms with Crippen LogP contribution in [-0.4, -0.2) is 13.1 Å². The summed E-state index contributed by atoms with van der Waals surface area (Å²) >= 11 is 9.74. The fourth-order valence-corrected chi connectivity index (χ4v) is 2.83. The molecule has 0 fully saturated rings. The molecule has 0 atom stereocenters. The third kappa shape index (κ3) is 6.78. The van der Waals surface area contributed by atoms with Crippen molar-refractivity contribution in [2.45, 2.75) is 40.5 Å². The Kier molecular flexibility index (Phi) is 6.85. The van der Waals surface area contributed by atoms with Crippen molar-refractivity contribution < 1.29 is 0 Å². The molecule has 108 valence electrons. The van der Waals surface area contributed by atoms with E-state index in [1.165, 1.54) is 5.56 Å². The average Bonchev–Trinajstić information content (AvgIpc) is 2.28. The molecule has 0 aliphatic heterocycles. The summed E-state index contributed by atoms with van der Waals surface area (Å²) in [5.74, 6) is 0.712. The lowest BCUT2D eigenvalue weighted by Crippen LogP contribution is -2.26. The first kappa shape index (κ1) is 17.0. The van der Waals surface area contributed by atoms with Crippen molar-refractivity contribution in [1.29, 1.82) is 0 Å². The van der Waals surface area contributed by atoms with Crippen LogP contribution >= 0.6 is 27.5 Å². The first-order valence-electron chi connectivity index (χ1n) is 6.95. The largest absolute Gasteiger partial charge is 0.316 e. The van der Waals surface area contributed by atoms with E-state index in [0.717, 1.165) is 35.4 Å². The predicted octanol–water partition coefficient (Wildman–Crippen LogP) is 5.31. The Morgan fingerprint density at radius 2 is 2.00 bits per heavy atom. The van der Waals surface area contributed by atoms with E-state index in [9.17, 15) is 0 Å². The fraction of sp³-hybridized carbons (Fsp3) is 0.625. The van der Waals surface area contributed by atoms with Gasteiger partial charge in [0.15, 0.2) is 0 Å². The van der Waals surface area contributed by atoms with E-state index in [4.69, 9.17) is 11.6 Å². The summed E-state index contributed by atoms with van der Waals surface area (Å²) in [6, 6.07) is 6.16. The molecule has 0 aliphatic carbocycles. The van der Waals surface area contributed by atoms with Crippen molar-refractivity contribution in [1.82, 2.24) is 5.32 Å². The molecule has 0 saturated carbocycles. The van der Waals surface area contributed by atoms with Gasteiger partial charge in [0.2, 0.25) is 0 Å². The first-order chi connectivity index (χ1) is 8.80. The summed E-state index contributed by atoms with van der Waals surface area (Å²) in [4.78, 5) is 0. The highest BCUT2D eigenvalue weighted by Gasteiger charge is 2.19. The molecule has 1 rings (SSSR count). The Bertz CT molecular complexity index is 402. The van der Waals surface area contributed by atoms with Crippen LogP contribution in [-0.2, 0) is 6.42 Å². The Labute approximate surface area is 131 Å². The van der Waals surface area contributed by atoms with Gasteiger partial charge in [0.05, 0.1) is 0 Å². The van der Waals surface area contributed by atoms with Crippen LogP contribution in [0.1, 0.15) is 39.7 Å². The van der Waals surface area contributed by atoms with E-state index in [2.05, 4.69) is 61.1 Å². The third-order valence-electron chi connectivity index (χ3n) is 3.22. The molecule has 0 spiro atoms. The Morgan fingerprint density at radius 3 is 2.58 bits per heavy atom. The SMILES string of the molecule is CC(C)CNCCC(C)(C)Cc1ccc(Br)cc1Cl. The maximum absolute atomic E-state index is 6.29. The molecule has 1 aromatic rings. The van der Waals surface area contributed by atoms with E-state index < -0.39 is 0 Å². The van der Waals surface area contributed by atoms with Crippen LogP contribution in [0.4, 0.5) is 0 Å². The predicted molar refractivity (Wildman–Crippen MR) is 89.0 cm³/mol. The van der Waals surface area contributed by atoms with Gasteiger partial charge in [-0.15, -0.1) is 0 Å². The molecule has 0 saturated heterocycles. The minimum atomic E-state index is 0.265. The maximum atomic E-state index is 6.29. The van der Waals surface area contributed by atoms with E-state index in [1.54, 1.807) is 0 Å². The second-order valence-electron chi connectivity index (χ2n) is 6.42. The molecule has 19 heavy (non-hydrogen) atoms. The van der Waals surface area contributed by atoms with E-state index >= 15 is 0 Å². The first-order valence-corrected chi connectivity index (χ1v) is 8.12. The normalized spacial score (nSPS) is 12.2. The molecule has 1 nitrogen and oxygen atoms in total. The highest BCUT2D eigenvalue weighted by molar-refractivity contribution is 9.10. The van der Waals surface area contributed by atoms with Crippen LogP contribution in [0, 0.1) is 11.3 Å². The number of nitrogens with one attached hydrogen (secondary N) is 1. The van der Waals surface area contributed by atoms with Crippen LogP contribution in [0.15, 0.2) is 22.7 Å². The standard InChI is InChI=1S/C16H25BrClN/c1-12(2)11-19-8-7-16(3,4)10-13-5-6-14(17)9-15(13)18/h5-6,9,12,19H,7-8,10-11H2,1-4H3. The lowest BCUT2D eigenvalue weighted by atomic mass is 9.82. The van der Waals surface area contributed by atoms with Gasteiger partial charge < -0.3 is 5.32 Å². The zero-order chi connectivity index (χ0) is 14.5. The maximum Gasteiger partial charge on any atom is 0.0449 e. The van der Waals surface area contributed by atoms with Gasteiger partial charge in [0.1, 0.15) is 0 Å². The summed E-state index contributed by atoms with van der Waals surface area (Å²) in [5.41, 5.74) is 1.50. The monoisotopic (exact) mass is 345 g/mol. The zero-order valence-corrected chi connectivity index (χ0v) is 14.7. The molecule has 1 aromatic carbocycles. The number of benzene rings is 1. The molecule has 3 heteroatoms. The third-order valence-corrected chi connectivity index (χ3v) is 4.06. The van der Waals surface area contributed by atoms with Gasteiger partial charge in [-0.25, -0.2) is 0 Å². The summed E-state index contributed by atoms with van der Waals surface area (Å²) < 4.78 is 1.04. The lowest BCUT2D eigenvalue weighted by molar-refractivity contribution is 0.322. The molecular weight excluding hydrogens is 322 g/mol. The van der Waals surface area contributed by atoms with Crippen LogP contribution in [0.3, 0.4) is 0 Å². The fourth-order valence-electron chi connectivity index (χ4n) is 2.09. The Hall–Kier alpha value is -0.0500. The second kappa shape index (κ2) is 7.66. The number of rotatable bonds is 7. The molecule has 1 N–H and O–H groups in total. The molecular formula is C16H25BrClN. The highest BCUT2D eigenvalue weighted by Crippen LogP contribution is 2.30. The Balaban J connectivity index is 2.49. The van der Waals surface area contributed by atoms with Crippen LogP contribution in [0.25, 0.3) is 0 Å². The van der Waals surface area contributed by atoms with Crippen molar-refractivity contribution in [3.05, 3.63) is 33.3 Å². The average molecular weight is 347 g/mol. The number of hydrogen-bond acceptors (Lipinski definition) is 1. The number of halogens is 2. The van der Waals surface area contributed by atoms with Gasteiger partial charge in [-0.3, -0.25) is 0 Å². The molecule has 0 unspecified atom stereocenters. The van der Waals surface area contributed by atoms with Crippen LogP contribution in [0.2, 0.25) is 5.02 Å². The van der Waals surface area contributed by atoms with E-state index in [-0.39, 0.29) is 5.41 Å². The highest BCUT2D eigenvalue weighted by atomic mass is 79.9. The summed E-state index contributed by atoms with van der Waals surface area (Å²) in [6.45, 7) is 11.2. The second-order valence-corrected chi connectivity index (χ2v) is 7.75. The molecule has 0 radical (unpaired) electrons. The summed E-state index contributed by atoms with van der Waals surface area (Å²) in [6.07, 6.45) is 2.18. The van der Waals surface area contributed by atoms with E-state index in [0.29, 0.717) is 5.92 Å². The minimum Gasteiger partial charge on any atom is -0.316 e. The van der Waals surface area contributed by atoms with Crippen molar-refractivity contribution in [3.63, 3.8) is 0 Å². The van der Waals surface area contributed by atoms with Crippen molar-refractivity contribution in [2.24, 2.45) is 11.3 Å². The Morgan fingerprint density at radius 1 is 1.32 bits per heavy atom. The molecule has 0 aromatic heterocycles. The molecule has 0 heterocycles. The smallest absolute Gasteiger partial charge is 0.0449 e. The van der Waals surface area contributed by atoms with Gasteiger partial charge in [0.25, 0.3) is 0 Å². The molecule has 0 aliphatic rings. The van der Waals surface area contributed by atoms with Gasteiger partial charge >= 0.3 is 0 Å². The zero-order valence-electron chi connectivity index (χ0n) is 12.4. The van der Waals surface area contributed by atoms with E-state index in [1.807, 2.05) is 6.07 Å². The van der Waals surface area contributed by atoms with Crippen molar-refractivity contribution in [2.75, 3.05) is 13.1 Å². The summed E-state index contributed by atoms with van der Waals surface area (Å²) in [7, 11) is 0. The topological polar surface area (TPSA) is 12.0 Å². The van der Waals surface area contributed by atoms with Crippen LogP contribution < -0.4 is 5.32 Å². The van der Waals surface area contributed by atoms with Gasteiger partial charge in [0, 0.05) is 9.50 Å². The minimum absolute atomic E-state index is 0.265. The lowest BCUT2D eigenvalue weighted by Gasteiger charge is -2.25. The van der Waals surface area contributed by atoms with Crippen LogP contribution in [0.5, 0.6) is 0 Å². The van der Waals surface area contributed by atoms with Gasteiger partial charge in [-0.05, 0) is 55.0 Å². The molecule has 0 bridgehead atoms. The van der Waals surface area contributed by atoms with Crippen molar-refractivity contribution >= 4 is 27.5 Å². The van der Waals surface area contributed by atoms with Gasteiger partial charge in [-0.2, -0.15) is 0 Å².